The number of hydrogen-bond acceptors (Lipinski definition) is 2. The molecule has 0 spiro atoms. The number of nitrogens with one attached hydrogen (secondary N) is 1. The Balaban J connectivity index is 2.30. The first kappa shape index (κ1) is 15.1. The predicted octanol–water partition coefficient (Wildman–Crippen LogP) is 5.09. The summed E-state index contributed by atoms with van der Waals surface area (Å²) >= 11 is 4.37. The molecule has 1 aromatic heterocycles. The van der Waals surface area contributed by atoms with Crippen molar-refractivity contribution < 1.29 is 18.0 Å². The topological polar surface area (TPSA) is 29.1 Å². The van der Waals surface area contributed by atoms with E-state index in [1.807, 2.05) is 0 Å². The lowest BCUT2D eigenvalue weighted by Gasteiger charge is -2.11. The third-order valence-corrected chi connectivity index (χ3v) is 4.32. The zero-order valence-electron chi connectivity index (χ0n) is 10.2. The van der Waals surface area contributed by atoms with Crippen LogP contribution in [0.25, 0.3) is 0 Å². The fourth-order valence-corrected chi connectivity index (χ4v) is 2.75. The van der Waals surface area contributed by atoms with Crippen molar-refractivity contribution in [3.05, 3.63) is 50.1 Å². The van der Waals surface area contributed by atoms with Gasteiger partial charge in [-0.25, -0.2) is 0 Å². The Morgan fingerprint density at radius 3 is 2.55 bits per heavy atom. The number of aryl methyl sites for hydroxylation is 1. The van der Waals surface area contributed by atoms with Crippen molar-refractivity contribution in [2.45, 2.75) is 13.1 Å². The van der Waals surface area contributed by atoms with Crippen LogP contribution < -0.4 is 5.32 Å². The molecule has 0 radical (unpaired) electrons. The molecule has 2 rings (SSSR count). The van der Waals surface area contributed by atoms with Crippen LogP contribution in [-0.2, 0) is 6.18 Å². The van der Waals surface area contributed by atoms with Crippen LogP contribution in [0.4, 0.5) is 18.9 Å². The van der Waals surface area contributed by atoms with E-state index in [1.165, 1.54) is 17.4 Å². The summed E-state index contributed by atoms with van der Waals surface area (Å²) in [5.74, 6) is -0.419. The fraction of sp³-hybridized carbons (Fsp3) is 0.154. The van der Waals surface area contributed by atoms with Crippen LogP contribution in [0.15, 0.2) is 34.1 Å². The lowest BCUT2D eigenvalue weighted by molar-refractivity contribution is -0.137. The normalized spacial score (nSPS) is 11.4. The molecule has 1 amide bonds. The smallest absolute Gasteiger partial charge is 0.320 e. The molecule has 1 aromatic carbocycles. The third kappa shape index (κ3) is 3.21. The largest absolute Gasteiger partial charge is 0.416 e. The van der Waals surface area contributed by atoms with Gasteiger partial charge < -0.3 is 5.32 Å². The van der Waals surface area contributed by atoms with Crippen molar-refractivity contribution in [2.75, 3.05) is 5.32 Å². The Hall–Kier alpha value is -1.34. The first-order chi connectivity index (χ1) is 9.29. The molecule has 0 fully saturated rings. The molecule has 106 valence electrons. The monoisotopic (exact) mass is 363 g/mol. The van der Waals surface area contributed by atoms with E-state index in [1.54, 1.807) is 18.4 Å². The predicted molar refractivity (Wildman–Crippen MR) is 76.2 cm³/mol. The Labute approximate surface area is 125 Å². The van der Waals surface area contributed by atoms with Gasteiger partial charge in [0.15, 0.2) is 0 Å². The van der Waals surface area contributed by atoms with Crippen molar-refractivity contribution in [3.63, 3.8) is 0 Å². The number of carbonyl (C=O) groups is 1. The SMILES string of the molecule is Cc1ccsc1C(=O)Nc1cc(C(F)(F)F)ccc1Br. The summed E-state index contributed by atoms with van der Waals surface area (Å²) in [7, 11) is 0. The molecule has 1 N–H and O–H groups in total. The van der Waals surface area contributed by atoms with Gasteiger partial charge in [0, 0.05) is 4.47 Å². The highest BCUT2D eigenvalue weighted by Gasteiger charge is 2.31. The molecule has 7 heteroatoms. The third-order valence-electron chi connectivity index (χ3n) is 2.61. The minimum Gasteiger partial charge on any atom is -0.320 e. The van der Waals surface area contributed by atoms with E-state index in [2.05, 4.69) is 21.2 Å². The zero-order chi connectivity index (χ0) is 14.9. The van der Waals surface area contributed by atoms with E-state index in [4.69, 9.17) is 0 Å². The van der Waals surface area contributed by atoms with E-state index >= 15 is 0 Å². The Morgan fingerprint density at radius 1 is 1.30 bits per heavy atom. The number of thiophene rings is 1. The van der Waals surface area contributed by atoms with Gasteiger partial charge in [0.05, 0.1) is 16.1 Å². The number of benzene rings is 1. The number of carbonyl (C=O) groups excluding carboxylic acids is 1. The van der Waals surface area contributed by atoms with Crippen molar-refractivity contribution >= 4 is 38.9 Å². The van der Waals surface area contributed by atoms with Gasteiger partial charge in [-0.15, -0.1) is 11.3 Å². The maximum Gasteiger partial charge on any atom is 0.416 e. The van der Waals surface area contributed by atoms with Crippen LogP contribution in [0.1, 0.15) is 20.8 Å². The highest BCUT2D eigenvalue weighted by molar-refractivity contribution is 9.10. The number of halogens is 4. The van der Waals surface area contributed by atoms with Gasteiger partial charge >= 0.3 is 6.18 Å². The average Bonchev–Trinajstić information content (AvgIpc) is 2.77. The maximum atomic E-state index is 12.6. The van der Waals surface area contributed by atoms with Gasteiger partial charge in [-0.1, -0.05) is 0 Å². The van der Waals surface area contributed by atoms with Gasteiger partial charge in [-0.05, 0) is 58.1 Å². The summed E-state index contributed by atoms with van der Waals surface area (Å²) in [6.07, 6.45) is -4.45. The Kier molecular flexibility index (Phi) is 4.19. The highest BCUT2D eigenvalue weighted by atomic mass is 79.9. The molecule has 0 unspecified atom stereocenters. The minimum absolute atomic E-state index is 0.0950. The molecule has 1 heterocycles. The second-order valence-electron chi connectivity index (χ2n) is 4.08. The number of amides is 1. The van der Waals surface area contributed by atoms with Gasteiger partial charge in [0.25, 0.3) is 5.91 Å². The van der Waals surface area contributed by atoms with Crippen LogP contribution in [0, 0.1) is 6.92 Å². The van der Waals surface area contributed by atoms with E-state index in [9.17, 15) is 18.0 Å². The van der Waals surface area contributed by atoms with Crippen molar-refractivity contribution in [1.29, 1.82) is 0 Å². The summed E-state index contributed by atoms with van der Waals surface area (Å²) in [4.78, 5) is 12.5. The second-order valence-corrected chi connectivity index (χ2v) is 5.85. The number of rotatable bonds is 2. The lowest BCUT2D eigenvalue weighted by atomic mass is 10.2. The van der Waals surface area contributed by atoms with Crippen molar-refractivity contribution in [3.8, 4) is 0 Å². The molecular formula is C13H9BrF3NOS. The van der Waals surface area contributed by atoms with Crippen LogP contribution >= 0.6 is 27.3 Å². The second kappa shape index (κ2) is 5.57. The van der Waals surface area contributed by atoms with E-state index in [-0.39, 0.29) is 5.69 Å². The summed E-state index contributed by atoms with van der Waals surface area (Å²) in [6, 6.07) is 4.90. The minimum atomic E-state index is -4.45. The lowest BCUT2D eigenvalue weighted by Crippen LogP contribution is -2.13. The van der Waals surface area contributed by atoms with E-state index in [0.29, 0.717) is 9.35 Å². The van der Waals surface area contributed by atoms with Crippen molar-refractivity contribution in [2.24, 2.45) is 0 Å². The molecule has 0 atom stereocenters. The quantitative estimate of drug-likeness (QED) is 0.790. The standard InChI is InChI=1S/C13H9BrF3NOS/c1-7-4-5-20-11(7)12(19)18-10-6-8(13(15,16)17)2-3-9(10)14/h2-6H,1H3,(H,18,19). The molecule has 2 aromatic rings. The molecule has 0 aliphatic carbocycles. The summed E-state index contributed by atoms with van der Waals surface area (Å²) < 4.78 is 38.3. The molecule has 0 bridgehead atoms. The van der Waals surface area contributed by atoms with Crippen LogP contribution in [0.5, 0.6) is 0 Å². The van der Waals surface area contributed by atoms with Crippen LogP contribution in [-0.4, -0.2) is 5.91 Å². The van der Waals surface area contributed by atoms with Crippen molar-refractivity contribution in [1.82, 2.24) is 0 Å². The first-order valence-electron chi connectivity index (χ1n) is 5.51. The van der Waals surface area contributed by atoms with Gasteiger partial charge in [-0.3, -0.25) is 4.79 Å². The molecule has 0 saturated carbocycles. The number of anilines is 1. The molecule has 0 saturated heterocycles. The Morgan fingerprint density at radius 2 is 2.00 bits per heavy atom. The molecule has 2 nitrogen and oxygen atoms in total. The molecule has 20 heavy (non-hydrogen) atoms. The number of hydrogen-bond donors (Lipinski definition) is 1. The summed E-state index contributed by atoms with van der Waals surface area (Å²) in [5, 5.41) is 4.25. The van der Waals surface area contributed by atoms with Crippen LogP contribution in [0.3, 0.4) is 0 Å². The molecular weight excluding hydrogens is 355 g/mol. The Bertz CT molecular complexity index is 651. The summed E-state index contributed by atoms with van der Waals surface area (Å²) in [5.41, 5.74) is 0.0760. The number of alkyl halides is 3. The van der Waals surface area contributed by atoms with Gasteiger partial charge in [-0.2, -0.15) is 13.2 Å². The van der Waals surface area contributed by atoms with Gasteiger partial charge in [0.1, 0.15) is 0 Å². The fourth-order valence-electron chi connectivity index (χ4n) is 1.58. The summed E-state index contributed by atoms with van der Waals surface area (Å²) in [6.45, 7) is 1.77. The van der Waals surface area contributed by atoms with E-state index < -0.39 is 17.6 Å². The van der Waals surface area contributed by atoms with E-state index in [0.717, 1.165) is 17.7 Å². The molecule has 0 aliphatic rings. The molecule has 0 aliphatic heterocycles. The first-order valence-corrected chi connectivity index (χ1v) is 7.18. The highest BCUT2D eigenvalue weighted by Crippen LogP contribution is 2.34. The maximum absolute atomic E-state index is 12.6. The van der Waals surface area contributed by atoms with Gasteiger partial charge in [0.2, 0.25) is 0 Å². The van der Waals surface area contributed by atoms with Crippen LogP contribution in [0.2, 0.25) is 0 Å². The average molecular weight is 364 g/mol. The zero-order valence-corrected chi connectivity index (χ0v) is 12.6.